The number of hydrogen-bond donors (Lipinski definition) is 1. The summed E-state index contributed by atoms with van der Waals surface area (Å²) in [5.41, 5.74) is 2.43. The van der Waals surface area contributed by atoms with Crippen LogP contribution in [0.5, 0.6) is 11.5 Å². The minimum absolute atomic E-state index is 0.593. The van der Waals surface area contributed by atoms with Crippen molar-refractivity contribution in [1.82, 2.24) is 9.97 Å². The predicted octanol–water partition coefficient (Wildman–Crippen LogP) is 5.12. The van der Waals surface area contributed by atoms with Crippen molar-refractivity contribution in [2.75, 3.05) is 13.7 Å². The van der Waals surface area contributed by atoms with Gasteiger partial charge in [0.25, 0.3) is 0 Å². The number of nitrogens with one attached hydrogen (secondary N) is 1. The van der Waals surface area contributed by atoms with E-state index in [1.807, 2.05) is 12.1 Å². The van der Waals surface area contributed by atoms with Gasteiger partial charge < -0.3 is 14.5 Å². The number of hydrogen-bond acceptors (Lipinski definition) is 3. The molecule has 1 heterocycles. The molecule has 0 aliphatic rings. The Kier molecular flexibility index (Phi) is 7.44. The molecular formula is C19H27ClN2O2. The second-order valence-electron chi connectivity index (χ2n) is 5.91. The molecule has 0 aliphatic heterocycles. The summed E-state index contributed by atoms with van der Waals surface area (Å²) in [5.74, 6) is 2.55. The molecule has 0 atom stereocenters. The number of imidazole rings is 1. The zero-order valence-electron chi connectivity index (χ0n) is 14.8. The highest BCUT2D eigenvalue weighted by Crippen LogP contribution is 2.28. The van der Waals surface area contributed by atoms with E-state index in [9.17, 15) is 0 Å². The number of benzene rings is 1. The second kappa shape index (κ2) is 9.58. The molecule has 0 unspecified atom stereocenters. The van der Waals surface area contributed by atoms with Crippen LogP contribution >= 0.6 is 11.6 Å². The van der Waals surface area contributed by atoms with Gasteiger partial charge in [0.15, 0.2) is 0 Å². The van der Waals surface area contributed by atoms with Crippen LogP contribution in [0.15, 0.2) is 18.2 Å². The van der Waals surface area contributed by atoms with E-state index in [0.717, 1.165) is 48.7 Å². The molecule has 0 saturated heterocycles. The Hall–Kier alpha value is -1.68. The van der Waals surface area contributed by atoms with Gasteiger partial charge in [-0.2, -0.15) is 0 Å². The third-order valence-corrected chi connectivity index (χ3v) is 4.38. The molecule has 5 heteroatoms. The number of H-pyrrole nitrogens is 1. The van der Waals surface area contributed by atoms with Crippen molar-refractivity contribution in [3.63, 3.8) is 0 Å². The molecule has 2 rings (SSSR count). The highest BCUT2D eigenvalue weighted by Gasteiger charge is 2.05. The maximum atomic E-state index is 6.15. The third kappa shape index (κ3) is 5.45. The molecule has 0 saturated carbocycles. The molecule has 4 nitrogen and oxygen atoms in total. The van der Waals surface area contributed by atoms with Crippen LogP contribution in [-0.4, -0.2) is 23.7 Å². The molecule has 0 fully saturated rings. The lowest BCUT2D eigenvalue weighted by Gasteiger charge is -2.09. The van der Waals surface area contributed by atoms with Crippen molar-refractivity contribution in [3.05, 3.63) is 40.4 Å². The fourth-order valence-corrected chi connectivity index (χ4v) is 2.86. The molecule has 0 spiro atoms. The minimum Gasteiger partial charge on any atom is -0.497 e. The molecule has 132 valence electrons. The molecule has 0 amide bonds. The van der Waals surface area contributed by atoms with Crippen LogP contribution in [0, 0.1) is 6.92 Å². The Balaban J connectivity index is 1.60. The van der Waals surface area contributed by atoms with E-state index in [1.165, 1.54) is 18.5 Å². The number of aromatic amines is 1. The number of halogens is 1. The van der Waals surface area contributed by atoms with Crippen LogP contribution in [0.4, 0.5) is 0 Å². The summed E-state index contributed by atoms with van der Waals surface area (Å²) in [6, 6.07) is 5.49. The summed E-state index contributed by atoms with van der Waals surface area (Å²) < 4.78 is 10.9. The fourth-order valence-electron chi connectivity index (χ4n) is 2.64. The Morgan fingerprint density at radius 3 is 2.62 bits per heavy atom. The monoisotopic (exact) mass is 350 g/mol. The van der Waals surface area contributed by atoms with Crippen LogP contribution in [0.2, 0.25) is 5.02 Å². The maximum absolute atomic E-state index is 6.15. The van der Waals surface area contributed by atoms with Gasteiger partial charge in [0, 0.05) is 18.2 Å². The molecule has 0 bridgehead atoms. The summed E-state index contributed by atoms with van der Waals surface area (Å²) in [4.78, 5) is 7.92. The first-order valence-electron chi connectivity index (χ1n) is 8.64. The van der Waals surface area contributed by atoms with Gasteiger partial charge >= 0.3 is 0 Å². The van der Waals surface area contributed by atoms with Crippen LogP contribution in [-0.2, 0) is 12.8 Å². The zero-order valence-corrected chi connectivity index (χ0v) is 15.6. The van der Waals surface area contributed by atoms with Gasteiger partial charge in [-0.1, -0.05) is 31.4 Å². The zero-order chi connectivity index (χ0) is 17.4. The van der Waals surface area contributed by atoms with Crippen molar-refractivity contribution in [2.45, 2.75) is 52.4 Å². The van der Waals surface area contributed by atoms with E-state index in [4.69, 9.17) is 21.1 Å². The first-order valence-corrected chi connectivity index (χ1v) is 9.02. The molecule has 24 heavy (non-hydrogen) atoms. The van der Waals surface area contributed by atoms with Crippen molar-refractivity contribution in [2.24, 2.45) is 0 Å². The average molecular weight is 351 g/mol. The summed E-state index contributed by atoms with van der Waals surface area (Å²) in [6.45, 7) is 4.89. The fraction of sp³-hybridized carbons (Fsp3) is 0.526. The average Bonchev–Trinajstić information content (AvgIpc) is 2.95. The highest BCUT2D eigenvalue weighted by molar-refractivity contribution is 6.32. The van der Waals surface area contributed by atoms with E-state index in [1.54, 1.807) is 13.2 Å². The molecule has 1 aromatic heterocycles. The van der Waals surface area contributed by atoms with Crippen LogP contribution in [0.3, 0.4) is 0 Å². The smallest absolute Gasteiger partial charge is 0.138 e. The van der Waals surface area contributed by atoms with E-state index in [2.05, 4.69) is 23.8 Å². The van der Waals surface area contributed by atoms with E-state index >= 15 is 0 Å². The molecule has 2 aromatic rings. The molecule has 1 N–H and O–H groups in total. The molecular weight excluding hydrogens is 324 g/mol. The summed E-state index contributed by atoms with van der Waals surface area (Å²) in [5, 5.41) is 0.593. The molecule has 1 aromatic carbocycles. The SMILES string of the molecule is CCc1nc(C)c(CCCCCCOc2ccc(OC)cc2Cl)[nH]1. The molecule has 0 aliphatic carbocycles. The van der Waals surface area contributed by atoms with Crippen molar-refractivity contribution < 1.29 is 9.47 Å². The Bertz CT molecular complexity index is 640. The number of nitrogens with zero attached hydrogens (tertiary/aromatic N) is 1. The topological polar surface area (TPSA) is 47.1 Å². The lowest BCUT2D eigenvalue weighted by molar-refractivity contribution is 0.304. The largest absolute Gasteiger partial charge is 0.497 e. The number of unbranched alkanes of at least 4 members (excludes halogenated alkanes) is 3. The van der Waals surface area contributed by atoms with Gasteiger partial charge in [-0.25, -0.2) is 4.98 Å². The lowest BCUT2D eigenvalue weighted by atomic mass is 10.1. The highest BCUT2D eigenvalue weighted by atomic mass is 35.5. The quantitative estimate of drug-likeness (QED) is 0.604. The second-order valence-corrected chi connectivity index (χ2v) is 6.32. The van der Waals surface area contributed by atoms with Crippen molar-refractivity contribution in [1.29, 1.82) is 0 Å². The van der Waals surface area contributed by atoms with Gasteiger partial charge in [-0.3, -0.25) is 0 Å². The maximum Gasteiger partial charge on any atom is 0.138 e. The summed E-state index contributed by atoms with van der Waals surface area (Å²) >= 11 is 6.15. The van der Waals surface area contributed by atoms with Gasteiger partial charge in [-0.05, 0) is 38.3 Å². The lowest BCUT2D eigenvalue weighted by Crippen LogP contribution is -1.98. The first kappa shape index (κ1) is 18.7. The van der Waals surface area contributed by atoms with E-state index in [0.29, 0.717) is 11.6 Å². The van der Waals surface area contributed by atoms with E-state index < -0.39 is 0 Å². The standard InChI is InChI=1S/C19H27ClN2O2/c1-4-19-21-14(2)17(22-19)9-7-5-6-8-12-24-18-11-10-15(23-3)13-16(18)20/h10-11,13H,4-9,12H2,1-3H3,(H,21,22). The minimum atomic E-state index is 0.593. The number of aryl methyl sites for hydroxylation is 3. The number of ether oxygens (including phenoxy) is 2. The van der Waals surface area contributed by atoms with Gasteiger partial charge in [-0.15, -0.1) is 0 Å². The summed E-state index contributed by atoms with van der Waals surface area (Å²) in [7, 11) is 1.63. The van der Waals surface area contributed by atoms with Crippen LogP contribution < -0.4 is 9.47 Å². The summed E-state index contributed by atoms with van der Waals surface area (Å²) in [6.07, 6.45) is 6.59. The van der Waals surface area contributed by atoms with Crippen LogP contribution in [0.25, 0.3) is 0 Å². The Morgan fingerprint density at radius 2 is 1.96 bits per heavy atom. The van der Waals surface area contributed by atoms with Gasteiger partial charge in [0.2, 0.25) is 0 Å². The van der Waals surface area contributed by atoms with Gasteiger partial charge in [0.1, 0.15) is 17.3 Å². The Morgan fingerprint density at radius 1 is 1.17 bits per heavy atom. The predicted molar refractivity (Wildman–Crippen MR) is 98.4 cm³/mol. The van der Waals surface area contributed by atoms with Gasteiger partial charge in [0.05, 0.1) is 24.4 Å². The third-order valence-electron chi connectivity index (χ3n) is 4.09. The number of aromatic nitrogens is 2. The van der Waals surface area contributed by atoms with Crippen LogP contribution in [0.1, 0.15) is 49.8 Å². The van der Waals surface area contributed by atoms with E-state index in [-0.39, 0.29) is 0 Å². The Labute approximate surface area is 149 Å². The normalized spacial score (nSPS) is 10.8. The number of methoxy groups -OCH3 is 1. The van der Waals surface area contributed by atoms with Crippen molar-refractivity contribution >= 4 is 11.6 Å². The van der Waals surface area contributed by atoms with Crippen molar-refractivity contribution in [3.8, 4) is 11.5 Å². The molecule has 0 radical (unpaired) electrons. The number of rotatable bonds is 10. The first-order chi connectivity index (χ1) is 11.6.